The summed E-state index contributed by atoms with van der Waals surface area (Å²) in [6.07, 6.45) is 8.90. The van der Waals surface area contributed by atoms with E-state index in [0.29, 0.717) is 24.8 Å². The number of rotatable bonds is 5. The van der Waals surface area contributed by atoms with Crippen LogP contribution in [0.15, 0.2) is 64.8 Å². The summed E-state index contributed by atoms with van der Waals surface area (Å²) in [6, 6.07) is 20.2. The molecule has 3 aliphatic rings. The van der Waals surface area contributed by atoms with E-state index in [2.05, 4.69) is 16.3 Å². The molecule has 0 radical (unpaired) electrons. The Morgan fingerprint density at radius 2 is 1.63 bits per heavy atom. The molecule has 5 rings (SSSR count). The third-order valence-electron chi connectivity index (χ3n) is 8.23. The minimum absolute atomic E-state index is 0.0389. The van der Waals surface area contributed by atoms with Gasteiger partial charge in [-0.25, -0.2) is 8.42 Å². The molecule has 2 heterocycles. The molecule has 1 aliphatic carbocycles. The van der Waals surface area contributed by atoms with Crippen molar-refractivity contribution in [2.24, 2.45) is 22.0 Å². The standard InChI is InChI=1S/C28H32N4O2S/c1-21-7-12-27(24-5-3-2-4-6-24)35(33,34)32(21)19-22-8-10-26(11-9-22)28(20-29)15-13-23(14-16-28)25-17-30-31-18-25/h2-6,8-11,17-18,21,23,25,27H,7,12-16,19H2,1H3/t21-,23-,27+,28-/m0/s1. The van der Waals surface area contributed by atoms with Gasteiger partial charge in [-0.2, -0.15) is 19.8 Å². The fraction of sp³-hybridized carbons (Fsp3) is 0.464. The van der Waals surface area contributed by atoms with Crippen molar-refractivity contribution in [3.63, 3.8) is 0 Å². The topological polar surface area (TPSA) is 85.9 Å². The van der Waals surface area contributed by atoms with Crippen LogP contribution in [0.4, 0.5) is 0 Å². The molecule has 35 heavy (non-hydrogen) atoms. The summed E-state index contributed by atoms with van der Waals surface area (Å²) in [7, 11) is -3.47. The quantitative estimate of drug-likeness (QED) is 0.566. The molecule has 7 heteroatoms. The zero-order valence-corrected chi connectivity index (χ0v) is 20.9. The van der Waals surface area contributed by atoms with Crippen LogP contribution in [-0.4, -0.2) is 31.2 Å². The lowest BCUT2D eigenvalue weighted by atomic mass is 9.65. The van der Waals surface area contributed by atoms with E-state index >= 15 is 0 Å². The highest BCUT2D eigenvalue weighted by molar-refractivity contribution is 7.89. The lowest BCUT2D eigenvalue weighted by molar-refractivity contribution is 0.268. The molecule has 0 aromatic heterocycles. The van der Waals surface area contributed by atoms with Gasteiger partial charge in [0.15, 0.2) is 0 Å². The maximum absolute atomic E-state index is 13.5. The first-order chi connectivity index (χ1) is 16.9. The molecule has 2 aliphatic heterocycles. The molecular formula is C28H32N4O2S. The smallest absolute Gasteiger partial charge is 0.212 e. The summed E-state index contributed by atoms with van der Waals surface area (Å²) in [5.41, 5.74) is 2.37. The Morgan fingerprint density at radius 1 is 0.971 bits per heavy atom. The molecule has 182 valence electrons. The Bertz CT molecular complexity index is 1230. The first-order valence-corrected chi connectivity index (χ1v) is 14.1. The third-order valence-corrected chi connectivity index (χ3v) is 10.6. The summed E-state index contributed by atoms with van der Waals surface area (Å²) < 4.78 is 28.8. The Kier molecular flexibility index (Phi) is 6.61. The predicted octanol–water partition coefficient (Wildman–Crippen LogP) is 5.38. The highest BCUT2D eigenvalue weighted by Crippen LogP contribution is 2.43. The molecule has 6 nitrogen and oxygen atoms in total. The molecule has 2 aromatic carbocycles. The van der Waals surface area contributed by atoms with E-state index in [1.807, 2.05) is 74.0 Å². The first kappa shape index (κ1) is 23.9. The highest BCUT2D eigenvalue weighted by atomic mass is 32.2. The lowest BCUT2D eigenvalue weighted by Crippen LogP contribution is -2.44. The van der Waals surface area contributed by atoms with Crippen LogP contribution in [0, 0.1) is 23.2 Å². The van der Waals surface area contributed by atoms with E-state index in [0.717, 1.165) is 48.8 Å². The van der Waals surface area contributed by atoms with Crippen molar-refractivity contribution < 1.29 is 8.42 Å². The van der Waals surface area contributed by atoms with Crippen LogP contribution in [0.25, 0.3) is 0 Å². The van der Waals surface area contributed by atoms with Crippen molar-refractivity contribution >= 4 is 22.5 Å². The van der Waals surface area contributed by atoms with Gasteiger partial charge in [-0.1, -0.05) is 54.6 Å². The lowest BCUT2D eigenvalue weighted by Gasteiger charge is -2.38. The number of hydrogen-bond donors (Lipinski definition) is 0. The van der Waals surface area contributed by atoms with Gasteiger partial charge in [0.25, 0.3) is 0 Å². The zero-order chi connectivity index (χ0) is 24.5. The Hall–Kier alpha value is -2.82. The molecule has 1 saturated carbocycles. The van der Waals surface area contributed by atoms with E-state index in [1.165, 1.54) is 0 Å². The van der Waals surface area contributed by atoms with Gasteiger partial charge >= 0.3 is 0 Å². The Balaban J connectivity index is 1.31. The first-order valence-electron chi connectivity index (χ1n) is 12.6. The van der Waals surface area contributed by atoms with Crippen LogP contribution in [0.3, 0.4) is 0 Å². The van der Waals surface area contributed by atoms with Gasteiger partial charge in [0.05, 0.1) is 11.5 Å². The van der Waals surface area contributed by atoms with Crippen LogP contribution in [0.2, 0.25) is 0 Å². The van der Waals surface area contributed by atoms with Gasteiger partial charge in [0.2, 0.25) is 10.0 Å². The summed E-state index contributed by atoms with van der Waals surface area (Å²) in [5.74, 6) is 0.788. The fourth-order valence-electron chi connectivity index (χ4n) is 5.96. The molecule has 2 atom stereocenters. The van der Waals surface area contributed by atoms with Crippen LogP contribution < -0.4 is 0 Å². The van der Waals surface area contributed by atoms with Gasteiger partial charge in [-0.3, -0.25) is 0 Å². The van der Waals surface area contributed by atoms with Crippen molar-refractivity contribution in [2.45, 2.75) is 68.7 Å². The molecule has 0 unspecified atom stereocenters. The molecular weight excluding hydrogens is 456 g/mol. The molecule has 0 N–H and O–H groups in total. The Labute approximate surface area is 208 Å². The maximum Gasteiger partial charge on any atom is 0.221 e. The van der Waals surface area contributed by atoms with E-state index in [1.54, 1.807) is 4.31 Å². The number of benzene rings is 2. The summed E-state index contributed by atoms with van der Waals surface area (Å²) >= 11 is 0. The molecule has 0 spiro atoms. The van der Waals surface area contributed by atoms with Crippen LogP contribution in [0.5, 0.6) is 0 Å². The van der Waals surface area contributed by atoms with E-state index in [9.17, 15) is 13.7 Å². The largest absolute Gasteiger partial charge is 0.221 e. The second-order valence-corrected chi connectivity index (χ2v) is 12.3. The molecule has 2 aromatic rings. The average molecular weight is 489 g/mol. The fourth-order valence-corrected chi connectivity index (χ4v) is 8.15. The van der Waals surface area contributed by atoms with Gasteiger partial charge in [0.1, 0.15) is 5.25 Å². The van der Waals surface area contributed by atoms with Gasteiger partial charge in [-0.05, 0) is 68.1 Å². The van der Waals surface area contributed by atoms with Crippen LogP contribution in [-0.2, 0) is 22.0 Å². The predicted molar refractivity (Wildman–Crippen MR) is 139 cm³/mol. The number of sulfonamides is 1. The summed E-state index contributed by atoms with van der Waals surface area (Å²) in [6.45, 7) is 2.35. The third kappa shape index (κ3) is 4.57. The molecule has 1 saturated heterocycles. The normalized spacial score (nSPS) is 30.8. The van der Waals surface area contributed by atoms with Crippen LogP contribution in [0.1, 0.15) is 67.4 Å². The van der Waals surface area contributed by atoms with Crippen molar-refractivity contribution in [1.29, 1.82) is 5.26 Å². The summed E-state index contributed by atoms with van der Waals surface area (Å²) in [4.78, 5) is 0. The van der Waals surface area contributed by atoms with E-state index in [-0.39, 0.29) is 6.04 Å². The minimum atomic E-state index is -3.47. The second-order valence-electron chi connectivity index (χ2n) is 10.3. The molecule has 0 bridgehead atoms. The van der Waals surface area contributed by atoms with E-state index < -0.39 is 20.7 Å². The molecule has 0 amide bonds. The van der Waals surface area contributed by atoms with Crippen molar-refractivity contribution in [3.05, 3.63) is 71.3 Å². The number of nitrogens with zero attached hydrogens (tertiary/aromatic N) is 4. The van der Waals surface area contributed by atoms with Crippen molar-refractivity contribution in [2.75, 3.05) is 0 Å². The zero-order valence-electron chi connectivity index (χ0n) is 20.1. The maximum atomic E-state index is 13.5. The number of nitriles is 1. The van der Waals surface area contributed by atoms with Gasteiger partial charge in [0, 0.05) is 30.9 Å². The SMILES string of the molecule is C[C@H]1CC[C@H](c2ccccc2)S(=O)(=O)N1Cc1ccc([C@]2(C#N)CC[C@@H](C3C=NN=C3)CC2)cc1. The molecule has 2 fully saturated rings. The van der Waals surface area contributed by atoms with Crippen LogP contribution >= 0.6 is 0 Å². The minimum Gasteiger partial charge on any atom is -0.212 e. The second kappa shape index (κ2) is 9.67. The van der Waals surface area contributed by atoms with Gasteiger partial charge < -0.3 is 0 Å². The average Bonchev–Trinajstić information content (AvgIpc) is 3.42. The van der Waals surface area contributed by atoms with Gasteiger partial charge in [-0.15, -0.1) is 0 Å². The summed E-state index contributed by atoms with van der Waals surface area (Å²) in [5, 5.41) is 17.6. The highest BCUT2D eigenvalue weighted by Gasteiger charge is 2.41. The Morgan fingerprint density at radius 3 is 2.26 bits per heavy atom. The monoisotopic (exact) mass is 488 g/mol. The van der Waals surface area contributed by atoms with Crippen molar-refractivity contribution in [3.8, 4) is 6.07 Å². The van der Waals surface area contributed by atoms with E-state index in [4.69, 9.17) is 0 Å². The number of hydrogen-bond acceptors (Lipinski definition) is 5. The van der Waals surface area contributed by atoms with Crippen molar-refractivity contribution in [1.82, 2.24) is 4.31 Å².